The molecule has 2 rings (SSSR count). The van der Waals surface area contributed by atoms with E-state index >= 15 is 0 Å². The summed E-state index contributed by atoms with van der Waals surface area (Å²) in [6.45, 7) is 5.96. The molecule has 0 aliphatic rings. The van der Waals surface area contributed by atoms with Crippen LogP contribution in [0.5, 0.6) is 11.5 Å². The van der Waals surface area contributed by atoms with Gasteiger partial charge in [0, 0.05) is 13.1 Å². The predicted molar refractivity (Wildman–Crippen MR) is 104 cm³/mol. The van der Waals surface area contributed by atoms with Crippen molar-refractivity contribution in [2.45, 2.75) is 26.7 Å². The fraction of sp³-hybridized carbons (Fsp3) is 0.381. The van der Waals surface area contributed by atoms with Crippen molar-refractivity contribution in [1.82, 2.24) is 10.6 Å². The van der Waals surface area contributed by atoms with Crippen molar-refractivity contribution in [3.05, 3.63) is 59.4 Å². The highest BCUT2D eigenvalue weighted by atomic mass is 19.1. The monoisotopic (exact) mass is 374 g/mol. The van der Waals surface area contributed by atoms with Gasteiger partial charge in [-0.15, -0.1) is 0 Å². The number of nitrogens with one attached hydrogen (secondary N) is 2. The number of rotatable bonds is 10. The lowest BCUT2D eigenvalue weighted by molar-refractivity contribution is 0.241. The van der Waals surface area contributed by atoms with E-state index in [9.17, 15) is 9.18 Å². The molecule has 0 saturated heterocycles. The highest BCUT2D eigenvalue weighted by molar-refractivity contribution is 5.73. The molecule has 0 atom stereocenters. The van der Waals surface area contributed by atoms with E-state index in [1.54, 1.807) is 6.07 Å². The van der Waals surface area contributed by atoms with Crippen LogP contribution < -0.4 is 20.1 Å². The molecule has 27 heavy (non-hydrogen) atoms. The maximum atomic E-state index is 13.1. The van der Waals surface area contributed by atoms with Crippen LogP contribution >= 0.6 is 0 Å². The van der Waals surface area contributed by atoms with Crippen LogP contribution in [0.25, 0.3) is 0 Å². The number of hydrogen-bond donors (Lipinski definition) is 2. The van der Waals surface area contributed by atoms with Crippen molar-refractivity contribution in [1.29, 1.82) is 0 Å². The van der Waals surface area contributed by atoms with Gasteiger partial charge in [0.1, 0.15) is 5.82 Å². The molecule has 0 aliphatic carbocycles. The first-order valence-corrected chi connectivity index (χ1v) is 9.27. The number of hydrogen-bond acceptors (Lipinski definition) is 3. The van der Waals surface area contributed by atoms with E-state index in [2.05, 4.69) is 10.6 Å². The van der Waals surface area contributed by atoms with E-state index in [0.717, 1.165) is 22.6 Å². The van der Waals surface area contributed by atoms with Crippen LogP contribution in [0.1, 0.15) is 25.0 Å². The zero-order chi connectivity index (χ0) is 19.5. The maximum absolute atomic E-state index is 13.1. The highest BCUT2D eigenvalue weighted by Gasteiger charge is 2.07. The summed E-state index contributed by atoms with van der Waals surface area (Å²) >= 11 is 0. The van der Waals surface area contributed by atoms with Crippen LogP contribution in [-0.2, 0) is 12.8 Å². The Morgan fingerprint density at radius 3 is 2.15 bits per heavy atom. The van der Waals surface area contributed by atoms with E-state index < -0.39 is 0 Å². The number of urea groups is 1. The molecule has 0 heterocycles. The first-order valence-electron chi connectivity index (χ1n) is 9.27. The predicted octanol–water partition coefficient (Wildman–Crippen LogP) is 3.71. The Morgan fingerprint density at radius 2 is 1.52 bits per heavy atom. The normalized spacial score (nSPS) is 10.3. The minimum absolute atomic E-state index is 0.234. The summed E-state index contributed by atoms with van der Waals surface area (Å²) in [7, 11) is 0. The van der Waals surface area contributed by atoms with Gasteiger partial charge in [0.2, 0.25) is 0 Å². The number of halogens is 1. The van der Waals surface area contributed by atoms with Gasteiger partial charge in [0.15, 0.2) is 11.5 Å². The van der Waals surface area contributed by atoms with Crippen molar-refractivity contribution >= 4 is 6.03 Å². The van der Waals surface area contributed by atoms with E-state index in [4.69, 9.17) is 9.47 Å². The third-order valence-corrected chi connectivity index (χ3v) is 3.90. The number of carbonyl (C=O) groups is 1. The van der Waals surface area contributed by atoms with Gasteiger partial charge in [0.05, 0.1) is 13.2 Å². The number of ether oxygens (including phenoxy) is 2. The van der Waals surface area contributed by atoms with Crippen molar-refractivity contribution in [3.63, 3.8) is 0 Å². The third kappa shape index (κ3) is 7.17. The lowest BCUT2D eigenvalue weighted by atomic mass is 10.1. The average Bonchev–Trinajstić information content (AvgIpc) is 2.64. The minimum atomic E-state index is -0.265. The molecule has 0 aliphatic heterocycles. The van der Waals surface area contributed by atoms with Gasteiger partial charge in [-0.1, -0.05) is 18.2 Å². The SMILES string of the molecule is CCOc1ccc(CCNC(=O)NCCc2cccc(F)c2)cc1OCC. The van der Waals surface area contributed by atoms with Gasteiger partial charge in [-0.3, -0.25) is 0 Å². The maximum Gasteiger partial charge on any atom is 0.314 e. The number of amides is 2. The largest absolute Gasteiger partial charge is 0.490 e. The molecule has 0 saturated carbocycles. The average molecular weight is 374 g/mol. The Hall–Kier alpha value is -2.76. The van der Waals surface area contributed by atoms with Crippen LogP contribution in [-0.4, -0.2) is 32.3 Å². The van der Waals surface area contributed by atoms with Crippen LogP contribution in [0.2, 0.25) is 0 Å². The summed E-state index contributed by atoms with van der Waals surface area (Å²) in [6.07, 6.45) is 1.27. The highest BCUT2D eigenvalue weighted by Crippen LogP contribution is 2.28. The quantitative estimate of drug-likeness (QED) is 0.667. The summed E-state index contributed by atoms with van der Waals surface area (Å²) < 4.78 is 24.3. The van der Waals surface area contributed by atoms with E-state index in [1.165, 1.54) is 12.1 Å². The summed E-state index contributed by atoms with van der Waals surface area (Å²) in [4.78, 5) is 11.9. The Kier molecular flexibility index (Phi) is 8.42. The standard InChI is InChI=1S/C21H27FN2O3/c1-3-26-19-9-8-17(15-20(19)27-4-2)11-13-24-21(25)23-12-10-16-6-5-7-18(22)14-16/h5-9,14-15H,3-4,10-13H2,1-2H3,(H2,23,24,25). The molecule has 0 radical (unpaired) electrons. The molecule has 0 spiro atoms. The minimum Gasteiger partial charge on any atom is -0.490 e. The van der Waals surface area contributed by atoms with Crippen LogP contribution in [0.15, 0.2) is 42.5 Å². The Labute approximate surface area is 159 Å². The second-order valence-corrected chi connectivity index (χ2v) is 5.96. The lowest BCUT2D eigenvalue weighted by Crippen LogP contribution is -2.37. The lowest BCUT2D eigenvalue weighted by Gasteiger charge is -2.13. The van der Waals surface area contributed by atoms with Gasteiger partial charge in [-0.2, -0.15) is 0 Å². The Morgan fingerprint density at radius 1 is 0.889 bits per heavy atom. The Balaban J connectivity index is 1.73. The zero-order valence-corrected chi connectivity index (χ0v) is 15.9. The van der Waals surface area contributed by atoms with Gasteiger partial charge in [-0.25, -0.2) is 9.18 Å². The first kappa shape index (κ1) is 20.6. The van der Waals surface area contributed by atoms with E-state index in [1.807, 2.05) is 38.1 Å². The van der Waals surface area contributed by atoms with Gasteiger partial charge >= 0.3 is 6.03 Å². The topological polar surface area (TPSA) is 59.6 Å². The van der Waals surface area contributed by atoms with Gasteiger partial charge in [0.25, 0.3) is 0 Å². The fourth-order valence-corrected chi connectivity index (χ4v) is 2.65. The molecule has 0 bridgehead atoms. The number of benzene rings is 2. The smallest absolute Gasteiger partial charge is 0.314 e. The second-order valence-electron chi connectivity index (χ2n) is 5.96. The second kappa shape index (κ2) is 11.1. The van der Waals surface area contributed by atoms with Crippen molar-refractivity contribution in [3.8, 4) is 11.5 Å². The van der Waals surface area contributed by atoms with Crippen LogP contribution in [0.3, 0.4) is 0 Å². The summed E-state index contributed by atoms with van der Waals surface area (Å²) in [5, 5.41) is 5.60. The van der Waals surface area contributed by atoms with E-state index in [0.29, 0.717) is 39.1 Å². The molecule has 0 aromatic heterocycles. The molecule has 2 aromatic carbocycles. The third-order valence-electron chi connectivity index (χ3n) is 3.90. The summed E-state index contributed by atoms with van der Waals surface area (Å²) in [5.41, 5.74) is 1.91. The van der Waals surface area contributed by atoms with Crippen molar-refractivity contribution in [2.75, 3.05) is 26.3 Å². The van der Waals surface area contributed by atoms with Crippen molar-refractivity contribution in [2.24, 2.45) is 0 Å². The molecular weight excluding hydrogens is 347 g/mol. The van der Waals surface area contributed by atoms with Gasteiger partial charge in [-0.05, 0) is 62.1 Å². The molecule has 2 aromatic rings. The van der Waals surface area contributed by atoms with Crippen LogP contribution in [0.4, 0.5) is 9.18 Å². The summed E-state index contributed by atoms with van der Waals surface area (Å²) in [6, 6.07) is 12.0. The first-order chi connectivity index (χ1) is 13.1. The molecule has 6 heteroatoms. The molecule has 2 amide bonds. The molecule has 146 valence electrons. The van der Waals surface area contributed by atoms with Crippen LogP contribution in [0, 0.1) is 5.82 Å². The summed E-state index contributed by atoms with van der Waals surface area (Å²) in [5.74, 6) is 1.18. The molecule has 5 nitrogen and oxygen atoms in total. The molecular formula is C21H27FN2O3. The molecule has 0 unspecified atom stereocenters. The van der Waals surface area contributed by atoms with E-state index in [-0.39, 0.29) is 11.8 Å². The number of carbonyl (C=O) groups excluding carboxylic acids is 1. The zero-order valence-electron chi connectivity index (χ0n) is 15.9. The molecule has 2 N–H and O–H groups in total. The molecule has 0 fully saturated rings. The Bertz CT molecular complexity index is 737. The van der Waals surface area contributed by atoms with Gasteiger partial charge < -0.3 is 20.1 Å². The fourth-order valence-electron chi connectivity index (χ4n) is 2.65. The van der Waals surface area contributed by atoms with Crippen molar-refractivity contribution < 1.29 is 18.7 Å².